The third-order valence-electron chi connectivity index (χ3n) is 6.52. The van der Waals surface area contributed by atoms with E-state index in [9.17, 15) is 22.7 Å². The van der Waals surface area contributed by atoms with Crippen LogP contribution in [0, 0.1) is 0 Å². The van der Waals surface area contributed by atoms with Gasteiger partial charge in [0.05, 0.1) is 34.6 Å². The maximum Gasteiger partial charge on any atom is 0.393 e. The minimum absolute atomic E-state index is 0.148. The fourth-order valence-corrected chi connectivity index (χ4v) is 5.91. The van der Waals surface area contributed by atoms with Crippen molar-refractivity contribution in [1.82, 2.24) is 14.5 Å². The molecule has 3 atom stereocenters. The van der Waals surface area contributed by atoms with E-state index < -0.39 is 30.9 Å². The van der Waals surface area contributed by atoms with Crippen molar-refractivity contribution in [3.05, 3.63) is 70.9 Å². The van der Waals surface area contributed by atoms with Gasteiger partial charge >= 0.3 is 6.18 Å². The summed E-state index contributed by atoms with van der Waals surface area (Å²) in [5.41, 5.74) is 2.05. The molecule has 0 saturated carbocycles. The normalized spacial score (nSPS) is 20.5. The van der Waals surface area contributed by atoms with Crippen molar-refractivity contribution in [2.24, 2.45) is 0 Å². The highest BCUT2D eigenvalue weighted by Crippen LogP contribution is 2.41. The molecule has 10 heteroatoms. The SMILES string of the molecule is CN1CC[C@@H](Nc2cccc3c(CC(F)(F)F)c(/C=C/C(O)c4cnn5ccccc45)sc23)[C@@H](F)C1. The Morgan fingerprint density at radius 1 is 1.25 bits per heavy atom. The van der Waals surface area contributed by atoms with E-state index in [0.29, 0.717) is 44.7 Å². The lowest BCUT2D eigenvalue weighted by Gasteiger charge is -2.33. The van der Waals surface area contributed by atoms with Crippen LogP contribution in [0.3, 0.4) is 0 Å². The average molecular weight is 519 g/mol. The van der Waals surface area contributed by atoms with Crippen LogP contribution in [0.4, 0.5) is 23.2 Å². The van der Waals surface area contributed by atoms with Crippen LogP contribution in [-0.4, -0.2) is 58.1 Å². The van der Waals surface area contributed by atoms with Crippen molar-refractivity contribution < 1.29 is 22.7 Å². The average Bonchev–Trinajstić information content (AvgIpc) is 3.41. The number of aromatic nitrogens is 2. The van der Waals surface area contributed by atoms with Crippen molar-refractivity contribution in [3.63, 3.8) is 0 Å². The first-order chi connectivity index (χ1) is 17.2. The summed E-state index contributed by atoms with van der Waals surface area (Å²) in [4.78, 5) is 2.33. The van der Waals surface area contributed by atoms with Gasteiger partial charge in [-0.15, -0.1) is 11.3 Å². The van der Waals surface area contributed by atoms with Gasteiger partial charge in [-0.1, -0.05) is 24.3 Å². The number of anilines is 1. The van der Waals surface area contributed by atoms with E-state index in [4.69, 9.17) is 0 Å². The number of rotatable bonds is 6. The molecule has 0 aliphatic carbocycles. The van der Waals surface area contributed by atoms with Gasteiger partial charge < -0.3 is 15.3 Å². The summed E-state index contributed by atoms with van der Waals surface area (Å²) >= 11 is 1.21. The van der Waals surface area contributed by atoms with Gasteiger partial charge in [0.1, 0.15) is 12.3 Å². The number of pyridine rings is 1. The zero-order valence-corrected chi connectivity index (χ0v) is 20.4. The van der Waals surface area contributed by atoms with Crippen LogP contribution in [0.25, 0.3) is 21.7 Å². The van der Waals surface area contributed by atoms with Crippen molar-refractivity contribution >= 4 is 38.7 Å². The summed E-state index contributed by atoms with van der Waals surface area (Å²) in [5.74, 6) is 0. The standard InChI is InChI=1S/C26H26F4N4OS/c1-33-12-10-20(19(27)15-33)32-21-6-4-5-16-17(13-26(28,29)30)24(36-25(16)21)9-8-23(35)18-14-31-34-11-3-2-7-22(18)34/h2-9,11,14,19-20,23,32,35H,10,12-13,15H2,1H3/b9-8+/t19-,20+,23?/m0/s1. The lowest BCUT2D eigenvalue weighted by molar-refractivity contribution is -0.126. The molecule has 1 fully saturated rings. The molecule has 2 N–H and O–H groups in total. The molecule has 1 aliphatic heterocycles. The first-order valence-electron chi connectivity index (χ1n) is 11.7. The Morgan fingerprint density at radius 3 is 2.86 bits per heavy atom. The summed E-state index contributed by atoms with van der Waals surface area (Å²) < 4.78 is 57.5. The predicted octanol–water partition coefficient (Wildman–Crippen LogP) is 5.85. The van der Waals surface area contributed by atoms with Crippen LogP contribution in [-0.2, 0) is 6.42 Å². The van der Waals surface area contributed by atoms with Gasteiger partial charge in [0.15, 0.2) is 0 Å². The van der Waals surface area contributed by atoms with Gasteiger partial charge in [0.25, 0.3) is 0 Å². The van der Waals surface area contributed by atoms with Crippen molar-refractivity contribution in [3.8, 4) is 0 Å². The quantitative estimate of drug-likeness (QED) is 0.314. The van der Waals surface area contributed by atoms with Crippen molar-refractivity contribution in [1.29, 1.82) is 0 Å². The molecule has 0 spiro atoms. The van der Waals surface area contributed by atoms with E-state index in [1.165, 1.54) is 17.4 Å². The number of benzene rings is 1. The van der Waals surface area contributed by atoms with E-state index in [0.717, 1.165) is 6.54 Å². The topological polar surface area (TPSA) is 52.8 Å². The zero-order chi connectivity index (χ0) is 25.4. The molecule has 5 rings (SSSR count). The summed E-state index contributed by atoms with van der Waals surface area (Å²) in [6, 6.07) is 10.2. The van der Waals surface area contributed by atoms with Crippen molar-refractivity contribution in [2.75, 3.05) is 25.5 Å². The van der Waals surface area contributed by atoms with Gasteiger partial charge in [0, 0.05) is 29.7 Å². The maximum atomic E-state index is 14.7. The first kappa shape index (κ1) is 24.7. The highest BCUT2D eigenvalue weighted by atomic mass is 32.1. The lowest BCUT2D eigenvalue weighted by atomic mass is 10.0. The van der Waals surface area contributed by atoms with E-state index in [1.54, 1.807) is 41.2 Å². The second-order valence-corrected chi connectivity index (χ2v) is 10.2. The Kier molecular flexibility index (Phi) is 6.76. The van der Waals surface area contributed by atoms with Gasteiger partial charge in [0.2, 0.25) is 0 Å². The van der Waals surface area contributed by atoms with Crippen LogP contribution in [0.15, 0.2) is 54.9 Å². The molecule has 5 nitrogen and oxygen atoms in total. The molecule has 4 aromatic rings. The molecule has 1 aromatic carbocycles. The van der Waals surface area contributed by atoms with Gasteiger partial charge in [-0.2, -0.15) is 18.3 Å². The van der Waals surface area contributed by atoms with Crippen LogP contribution in [0.2, 0.25) is 0 Å². The van der Waals surface area contributed by atoms with E-state index in [-0.39, 0.29) is 5.56 Å². The second kappa shape index (κ2) is 9.84. The minimum Gasteiger partial charge on any atom is -0.384 e. The number of hydrogen-bond acceptors (Lipinski definition) is 5. The van der Waals surface area contributed by atoms with Gasteiger partial charge in [-0.3, -0.25) is 0 Å². The third kappa shape index (κ3) is 5.11. The summed E-state index contributed by atoms with van der Waals surface area (Å²) in [5, 5.41) is 18.7. The number of nitrogens with zero attached hydrogens (tertiary/aromatic N) is 3. The lowest BCUT2D eigenvalue weighted by Crippen LogP contribution is -2.46. The molecule has 0 radical (unpaired) electrons. The predicted molar refractivity (Wildman–Crippen MR) is 135 cm³/mol. The molecule has 3 aromatic heterocycles. The molecule has 1 saturated heterocycles. The summed E-state index contributed by atoms with van der Waals surface area (Å²) in [7, 11) is 1.87. The highest BCUT2D eigenvalue weighted by Gasteiger charge is 2.32. The number of likely N-dealkylation sites (tertiary alicyclic amines) is 1. The van der Waals surface area contributed by atoms with Crippen molar-refractivity contribution in [2.45, 2.75) is 37.3 Å². The molecule has 1 unspecified atom stereocenters. The number of thiophene rings is 1. The van der Waals surface area contributed by atoms with Crippen LogP contribution in [0.1, 0.15) is 28.5 Å². The second-order valence-electron chi connectivity index (χ2n) is 9.17. The van der Waals surface area contributed by atoms with Gasteiger partial charge in [-0.25, -0.2) is 8.91 Å². The minimum atomic E-state index is -4.40. The molecular weight excluding hydrogens is 492 g/mol. The molecule has 36 heavy (non-hydrogen) atoms. The van der Waals surface area contributed by atoms with E-state index in [1.807, 2.05) is 30.1 Å². The molecule has 1 aliphatic rings. The third-order valence-corrected chi connectivity index (χ3v) is 7.76. The molecule has 0 amide bonds. The number of aliphatic hydroxyl groups is 1. The molecule has 0 bridgehead atoms. The fraction of sp³-hybridized carbons (Fsp3) is 0.346. The summed E-state index contributed by atoms with van der Waals surface area (Å²) in [6.07, 6.45) is -0.690. The van der Waals surface area contributed by atoms with E-state index >= 15 is 0 Å². The Bertz CT molecular complexity index is 1400. The van der Waals surface area contributed by atoms with Gasteiger partial charge in [-0.05, 0) is 48.7 Å². The van der Waals surface area contributed by atoms with Crippen LogP contribution in [0.5, 0.6) is 0 Å². The Labute approximate surface area is 209 Å². The first-order valence-corrected chi connectivity index (χ1v) is 12.5. The maximum absolute atomic E-state index is 14.7. The van der Waals surface area contributed by atoms with Crippen LogP contribution >= 0.6 is 11.3 Å². The van der Waals surface area contributed by atoms with Crippen LogP contribution < -0.4 is 5.32 Å². The number of fused-ring (bicyclic) bond motifs is 2. The van der Waals surface area contributed by atoms with E-state index in [2.05, 4.69) is 10.4 Å². The number of alkyl halides is 4. The Hall–Kier alpha value is -2.95. The number of nitrogens with one attached hydrogen (secondary N) is 1. The smallest absolute Gasteiger partial charge is 0.384 e. The molecule has 190 valence electrons. The number of aliphatic hydroxyl groups excluding tert-OH is 1. The molecular formula is C26H26F4N4OS. The number of hydrogen-bond donors (Lipinski definition) is 2. The fourth-order valence-electron chi connectivity index (χ4n) is 4.70. The molecule has 4 heterocycles. The Morgan fingerprint density at radius 2 is 2.08 bits per heavy atom. The zero-order valence-electron chi connectivity index (χ0n) is 19.5. The monoisotopic (exact) mass is 518 g/mol. The largest absolute Gasteiger partial charge is 0.393 e. The highest BCUT2D eigenvalue weighted by molar-refractivity contribution is 7.20. The Balaban J connectivity index is 1.50. The summed E-state index contributed by atoms with van der Waals surface area (Å²) in [6.45, 7) is 1.06. The number of halogens is 4. The number of piperidine rings is 1.